The van der Waals surface area contributed by atoms with Gasteiger partial charge in [-0.25, -0.2) is 0 Å². The van der Waals surface area contributed by atoms with Crippen molar-refractivity contribution >= 4 is 11.5 Å². The zero-order chi connectivity index (χ0) is 13.1. The molecule has 1 atom stereocenters. The molecule has 0 saturated heterocycles. The maximum Gasteiger partial charge on any atom is 0.161 e. The summed E-state index contributed by atoms with van der Waals surface area (Å²) in [6.07, 6.45) is 2.51. The van der Waals surface area contributed by atoms with Crippen LogP contribution in [0, 0.1) is 0 Å². The SMILES string of the molecule is CCc1nnsc1C(N)c1c(OC)cnn1CC. The molecule has 0 saturated carbocycles. The molecule has 2 aromatic rings. The molecule has 0 aliphatic rings. The number of nitrogens with zero attached hydrogens (tertiary/aromatic N) is 4. The first-order valence-electron chi connectivity index (χ1n) is 5.89. The predicted molar refractivity (Wildman–Crippen MR) is 69.8 cm³/mol. The monoisotopic (exact) mass is 267 g/mol. The van der Waals surface area contributed by atoms with E-state index in [1.807, 2.05) is 18.5 Å². The second kappa shape index (κ2) is 5.45. The van der Waals surface area contributed by atoms with E-state index in [9.17, 15) is 0 Å². The standard InChI is InChI=1S/C11H17N5OS/c1-4-7-11(18-15-14-7)9(12)10-8(17-3)6-13-16(10)5-2/h6,9H,4-5,12H2,1-3H3. The number of nitrogens with two attached hydrogens (primary N) is 1. The van der Waals surface area contributed by atoms with Crippen LogP contribution in [0.4, 0.5) is 0 Å². The first-order valence-corrected chi connectivity index (χ1v) is 6.66. The molecule has 0 amide bonds. The predicted octanol–water partition coefficient (Wildman–Crippen LogP) is 1.37. The van der Waals surface area contributed by atoms with Gasteiger partial charge in [0.25, 0.3) is 0 Å². The Hall–Kier alpha value is -1.47. The van der Waals surface area contributed by atoms with Gasteiger partial charge in [0.05, 0.1) is 29.9 Å². The summed E-state index contributed by atoms with van der Waals surface area (Å²) >= 11 is 1.34. The Bertz CT molecular complexity index is 500. The summed E-state index contributed by atoms with van der Waals surface area (Å²) in [5, 5.41) is 8.36. The lowest BCUT2D eigenvalue weighted by molar-refractivity contribution is 0.405. The number of aryl methyl sites for hydroxylation is 2. The summed E-state index contributed by atoms with van der Waals surface area (Å²) < 4.78 is 11.1. The van der Waals surface area contributed by atoms with Crippen LogP contribution in [0.2, 0.25) is 0 Å². The fraction of sp³-hybridized carbons (Fsp3) is 0.545. The minimum atomic E-state index is -0.294. The highest BCUT2D eigenvalue weighted by atomic mass is 32.1. The van der Waals surface area contributed by atoms with Crippen LogP contribution in [0.3, 0.4) is 0 Å². The molecule has 0 aliphatic heterocycles. The van der Waals surface area contributed by atoms with Gasteiger partial charge in [-0.15, -0.1) is 5.10 Å². The molecule has 7 heteroatoms. The van der Waals surface area contributed by atoms with Crippen LogP contribution in [0.15, 0.2) is 6.20 Å². The molecule has 2 heterocycles. The second-order valence-corrected chi connectivity index (χ2v) is 4.61. The molecule has 2 N–H and O–H groups in total. The Morgan fingerprint density at radius 2 is 2.28 bits per heavy atom. The summed E-state index contributed by atoms with van der Waals surface area (Å²) in [5.41, 5.74) is 8.14. The van der Waals surface area contributed by atoms with Crippen LogP contribution in [-0.4, -0.2) is 26.5 Å². The number of aromatic nitrogens is 4. The van der Waals surface area contributed by atoms with E-state index in [2.05, 4.69) is 14.7 Å². The minimum Gasteiger partial charge on any atom is -0.493 e. The lowest BCUT2D eigenvalue weighted by Crippen LogP contribution is -2.18. The normalized spacial score (nSPS) is 12.7. The van der Waals surface area contributed by atoms with Crippen molar-refractivity contribution in [2.24, 2.45) is 5.73 Å². The van der Waals surface area contributed by atoms with E-state index in [-0.39, 0.29) is 6.04 Å². The smallest absolute Gasteiger partial charge is 0.161 e. The third-order valence-corrected chi connectivity index (χ3v) is 3.71. The van der Waals surface area contributed by atoms with Crippen molar-refractivity contribution in [2.45, 2.75) is 32.9 Å². The molecule has 0 bridgehead atoms. The Morgan fingerprint density at radius 1 is 1.50 bits per heavy atom. The van der Waals surface area contributed by atoms with Gasteiger partial charge in [-0.3, -0.25) is 4.68 Å². The molecule has 0 radical (unpaired) electrons. The molecule has 2 rings (SSSR count). The second-order valence-electron chi connectivity index (χ2n) is 3.83. The molecule has 6 nitrogen and oxygen atoms in total. The summed E-state index contributed by atoms with van der Waals surface area (Å²) in [6.45, 7) is 4.82. The van der Waals surface area contributed by atoms with Gasteiger partial charge in [0, 0.05) is 6.54 Å². The molecule has 0 aliphatic carbocycles. The maximum absolute atomic E-state index is 6.32. The van der Waals surface area contributed by atoms with Gasteiger partial charge in [-0.2, -0.15) is 5.10 Å². The summed E-state index contributed by atoms with van der Waals surface area (Å²) in [7, 11) is 1.62. The number of hydrogen-bond acceptors (Lipinski definition) is 6. The summed E-state index contributed by atoms with van der Waals surface area (Å²) in [5.74, 6) is 0.708. The van der Waals surface area contributed by atoms with E-state index in [0.717, 1.165) is 29.2 Å². The van der Waals surface area contributed by atoms with E-state index in [4.69, 9.17) is 10.5 Å². The molecule has 2 aromatic heterocycles. The third kappa shape index (κ3) is 2.11. The van der Waals surface area contributed by atoms with Crippen LogP contribution in [0.1, 0.15) is 36.2 Å². The van der Waals surface area contributed by atoms with Crippen LogP contribution < -0.4 is 10.5 Å². The molecule has 0 fully saturated rings. The lowest BCUT2D eigenvalue weighted by Gasteiger charge is -2.14. The van der Waals surface area contributed by atoms with Gasteiger partial charge in [0.1, 0.15) is 5.69 Å². The Balaban J connectivity index is 2.44. The maximum atomic E-state index is 6.32. The Labute approximate surface area is 110 Å². The van der Waals surface area contributed by atoms with E-state index < -0.39 is 0 Å². The van der Waals surface area contributed by atoms with Gasteiger partial charge in [-0.1, -0.05) is 11.4 Å². The van der Waals surface area contributed by atoms with E-state index in [1.54, 1.807) is 13.3 Å². The highest BCUT2D eigenvalue weighted by Crippen LogP contribution is 2.31. The largest absolute Gasteiger partial charge is 0.493 e. The summed E-state index contributed by atoms with van der Waals surface area (Å²) in [6, 6.07) is -0.294. The van der Waals surface area contributed by atoms with Crippen molar-refractivity contribution in [1.29, 1.82) is 0 Å². The van der Waals surface area contributed by atoms with Gasteiger partial charge >= 0.3 is 0 Å². The van der Waals surface area contributed by atoms with Crippen LogP contribution in [0.25, 0.3) is 0 Å². The number of methoxy groups -OCH3 is 1. The molecule has 18 heavy (non-hydrogen) atoms. The highest BCUT2D eigenvalue weighted by molar-refractivity contribution is 7.05. The van der Waals surface area contributed by atoms with Crippen LogP contribution >= 0.6 is 11.5 Å². The molecular formula is C11H17N5OS. The van der Waals surface area contributed by atoms with Crippen molar-refractivity contribution in [3.63, 3.8) is 0 Å². The molecular weight excluding hydrogens is 250 g/mol. The van der Waals surface area contributed by atoms with Gasteiger partial charge in [-0.05, 0) is 24.9 Å². The molecule has 1 unspecified atom stereocenters. The van der Waals surface area contributed by atoms with Crippen molar-refractivity contribution in [3.05, 3.63) is 22.5 Å². The van der Waals surface area contributed by atoms with Crippen molar-refractivity contribution in [1.82, 2.24) is 19.4 Å². The van der Waals surface area contributed by atoms with Gasteiger partial charge in [0.2, 0.25) is 0 Å². The fourth-order valence-corrected chi connectivity index (χ4v) is 2.66. The van der Waals surface area contributed by atoms with E-state index in [1.165, 1.54) is 11.5 Å². The van der Waals surface area contributed by atoms with Crippen LogP contribution in [0.5, 0.6) is 5.75 Å². The molecule has 0 aromatic carbocycles. The van der Waals surface area contributed by atoms with Crippen molar-refractivity contribution in [3.8, 4) is 5.75 Å². The fourth-order valence-electron chi connectivity index (χ4n) is 1.92. The third-order valence-electron chi connectivity index (χ3n) is 2.86. The van der Waals surface area contributed by atoms with Gasteiger partial charge < -0.3 is 10.5 Å². The molecule has 0 spiro atoms. The average Bonchev–Trinajstić information content (AvgIpc) is 3.03. The Kier molecular flexibility index (Phi) is 3.93. The van der Waals surface area contributed by atoms with Crippen molar-refractivity contribution in [2.75, 3.05) is 7.11 Å². The minimum absolute atomic E-state index is 0.294. The van der Waals surface area contributed by atoms with Crippen LogP contribution in [-0.2, 0) is 13.0 Å². The first-order chi connectivity index (χ1) is 8.72. The van der Waals surface area contributed by atoms with E-state index >= 15 is 0 Å². The van der Waals surface area contributed by atoms with E-state index in [0.29, 0.717) is 5.75 Å². The zero-order valence-electron chi connectivity index (χ0n) is 10.8. The zero-order valence-corrected chi connectivity index (χ0v) is 11.6. The topological polar surface area (TPSA) is 78.8 Å². The first kappa shape index (κ1) is 13.0. The van der Waals surface area contributed by atoms with Crippen molar-refractivity contribution < 1.29 is 4.74 Å². The van der Waals surface area contributed by atoms with Gasteiger partial charge in [0.15, 0.2) is 5.75 Å². The summed E-state index contributed by atoms with van der Waals surface area (Å²) in [4.78, 5) is 0.978. The Morgan fingerprint density at radius 3 is 2.89 bits per heavy atom. The number of rotatable bonds is 5. The highest BCUT2D eigenvalue weighted by Gasteiger charge is 2.24. The number of hydrogen-bond donors (Lipinski definition) is 1. The average molecular weight is 267 g/mol. The quantitative estimate of drug-likeness (QED) is 0.885. The lowest BCUT2D eigenvalue weighted by atomic mass is 10.1. The number of ether oxygens (including phenoxy) is 1. The molecule has 98 valence electrons.